The minimum Gasteiger partial charge on any atom is -0.193 e. The van der Waals surface area contributed by atoms with E-state index in [9.17, 15) is 0 Å². The maximum Gasteiger partial charge on any atom is 0.0940 e. The highest BCUT2D eigenvalue weighted by molar-refractivity contribution is 5.24. The van der Waals surface area contributed by atoms with Crippen LogP contribution in [0.15, 0.2) is 11.6 Å². The van der Waals surface area contributed by atoms with Gasteiger partial charge in [-0.1, -0.05) is 26.8 Å². The third-order valence-electron chi connectivity index (χ3n) is 3.07. The number of hydrogen-bond acceptors (Lipinski definition) is 1. The lowest BCUT2D eigenvalue weighted by Crippen LogP contribution is -1.87. The molecule has 0 bridgehead atoms. The number of nitriles is 1. The summed E-state index contributed by atoms with van der Waals surface area (Å²) < 4.78 is 0. The van der Waals surface area contributed by atoms with Crippen LogP contribution in [0, 0.1) is 28.6 Å². The van der Waals surface area contributed by atoms with Crippen LogP contribution in [-0.2, 0) is 0 Å². The summed E-state index contributed by atoms with van der Waals surface area (Å²) in [6.45, 7) is 8.62. The second kappa shape index (κ2) is 2.37. The summed E-state index contributed by atoms with van der Waals surface area (Å²) in [5.74, 6) is 1.37. The molecule has 0 aromatic heterocycles. The molecule has 0 spiro atoms. The van der Waals surface area contributed by atoms with Crippen molar-refractivity contribution in [1.29, 1.82) is 5.26 Å². The summed E-state index contributed by atoms with van der Waals surface area (Å²) in [6.07, 6.45) is 2.10. The monoisotopic (exact) mass is 149 g/mol. The quantitative estimate of drug-likeness (QED) is 0.526. The van der Waals surface area contributed by atoms with E-state index in [-0.39, 0.29) is 0 Å². The van der Waals surface area contributed by atoms with E-state index < -0.39 is 0 Å². The van der Waals surface area contributed by atoms with Crippen LogP contribution in [0.1, 0.15) is 27.7 Å². The van der Waals surface area contributed by atoms with E-state index in [1.807, 2.05) is 6.92 Å². The highest BCUT2D eigenvalue weighted by atomic mass is 14.6. The van der Waals surface area contributed by atoms with E-state index in [4.69, 9.17) is 5.26 Å². The maximum atomic E-state index is 8.55. The van der Waals surface area contributed by atoms with Crippen molar-refractivity contribution < 1.29 is 0 Å². The van der Waals surface area contributed by atoms with Crippen molar-refractivity contribution in [3.63, 3.8) is 0 Å². The van der Waals surface area contributed by atoms with E-state index in [0.29, 0.717) is 11.3 Å². The van der Waals surface area contributed by atoms with Crippen molar-refractivity contribution in [2.24, 2.45) is 17.3 Å². The van der Waals surface area contributed by atoms with Crippen LogP contribution >= 0.6 is 0 Å². The Hall–Kier alpha value is -0.770. The molecular weight excluding hydrogens is 134 g/mol. The summed E-state index contributed by atoms with van der Waals surface area (Å²) >= 11 is 0. The minimum atomic E-state index is 0.429. The first-order valence-corrected chi connectivity index (χ1v) is 4.08. The lowest BCUT2D eigenvalue weighted by atomic mass is 10.1. The van der Waals surface area contributed by atoms with Crippen LogP contribution < -0.4 is 0 Å². The Morgan fingerprint density at radius 3 is 2.27 bits per heavy atom. The summed E-state index contributed by atoms with van der Waals surface area (Å²) in [5.41, 5.74) is 1.28. The smallest absolute Gasteiger partial charge is 0.0940 e. The Balaban J connectivity index is 2.65. The molecule has 0 N–H and O–H groups in total. The third-order valence-corrected chi connectivity index (χ3v) is 3.07. The first-order chi connectivity index (χ1) is 5.00. The molecule has 1 aliphatic rings. The lowest BCUT2D eigenvalue weighted by molar-refractivity contribution is 0.570. The first kappa shape index (κ1) is 8.33. The molecule has 0 aromatic rings. The highest BCUT2D eigenvalue weighted by Crippen LogP contribution is 2.58. The fourth-order valence-electron chi connectivity index (χ4n) is 1.61. The molecule has 11 heavy (non-hydrogen) atoms. The van der Waals surface area contributed by atoms with Gasteiger partial charge in [0.1, 0.15) is 0 Å². The second-order valence-corrected chi connectivity index (χ2v) is 4.10. The third kappa shape index (κ3) is 1.30. The van der Waals surface area contributed by atoms with Gasteiger partial charge in [0, 0.05) is 5.57 Å². The van der Waals surface area contributed by atoms with Crippen molar-refractivity contribution in [3.05, 3.63) is 11.6 Å². The van der Waals surface area contributed by atoms with E-state index in [1.165, 1.54) is 0 Å². The highest BCUT2D eigenvalue weighted by Gasteiger charge is 2.52. The van der Waals surface area contributed by atoms with Gasteiger partial charge >= 0.3 is 0 Å². The van der Waals surface area contributed by atoms with Crippen LogP contribution in [0.4, 0.5) is 0 Å². The number of allylic oxidation sites excluding steroid dienone is 2. The second-order valence-electron chi connectivity index (χ2n) is 4.10. The Kier molecular flexibility index (Phi) is 1.80. The zero-order valence-corrected chi connectivity index (χ0v) is 7.68. The Morgan fingerprint density at radius 1 is 1.55 bits per heavy atom. The van der Waals surface area contributed by atoms with Gasteiger partial charge in [0.25, 0.3) is 0 Å². The molecule has 1 nitrogen and oxygen atoms in total. The number of rotatable bonds is 1. The molecule has 1 rings (SSSR count). The summed E-state index contributed by atoms with van der Waals surface area (Å²) in [4.78, 5) is 0. The van der Waals surface area contributed by atoms with Crippen LogP contribution in [0.3, 0.4) is 0 Å². The summed E-state index contributed by atoms with van der Waals surface area (Å²) in [6, 6.07) is 2.16. The average Bonchev–Trinajstić information content (AvgIpc) is 2.39. The standard InChI is InChI=1S/C10H15N/c1-7(6-11)5-9-8(2)10(9,3)4/h5,8-9H,1-4H3/b7-5+. The van der Waals surface area contributed by atoms with Gasteiger partial charge in [0.15, 0.2) is 0 Å². The fraction of sp³-hybridized carbons (Fsp3) is 0.700. The van der Waals surface area contributed by atoms with Crippen molar-refractivity contribution in [1.82, 2.24) is 0 Å². The molecule has 2 atom stereocenters. The topological polar surface area (TPSA) is 23.8 Å². The van der Waals surface area contributed by atoms with Gasteiger partial charge < -0.3 is 0 Å². The summed E-state index contributed by atoms with van der Waals surface area (Å²) in [5, 5.41) is 8.55. The zero-order valence-electron chi connectivity index (χ0n) is 7.68. The molecular formula is C10H15N. The molecule has 60 valence electrons. The molecule has 0 aliphatic heterocycles. The van der Waals surface area contributed by atoms with E-state index in [0.717, 1.165) is 11.5 Å². The largest absolute Gasteiger partial charge is 0.193 e. The SMILES string of the molecule is C/C(C#N)=C\C1C(C)C1(C)C. The van der Waals surface area contributed by atoms with Crippen molar-refractivity contribution in [2.45, 2.75) is 27.7 Å². The minimum absolute atomic E-state index is 0.429. The van der Waals surface area contributed by atoms with E-state index in [2.05, 4.69) is 32.9 Å². The van der Waals surface area contributed by atoms with Crippen LogP contribution in [0.2, 0.25) is 0 Å². The Labute approximate surface area is 68.7 Å². The normalized spacial score (nSPS) is 34.6. The molecule has 0 amide bonds. The van der Waals surface area contributed by atoms with Crippen LogP contribution in [-0.4, -0.2) is 0 Å². The number of nitrogens with zero attached hydrogens (tertiary/aromatic N) is 1. The van der Waals surface area contributed by atoms with Gasteiger partial charge in [-0.05, 0) is 24.2 Å². The molecule has 1 fully saturated rings. The van der Waals surface area contributed by atoms with Gasteiger partial charge in [-0.15, -0.1) is 0 Å². The predicted molar refractivity (Wildman–Crippen MR) is 45.8 cm³/mol. The predicted octanol–water partition coefficient (Wildman–Crippen LogP) is 2.75. The van der Waals surface area contributed by atoms with Crippen LogP contribution in [0.25, 0.3) is 0 Å². The van der Waals surface area contributed by atoms with Gasteiger partial charge in [-0.2, -0.15) is 5.26 Å². The van der Waals surface area contributed by atoms with Crippen molar-refractivity contribution in [2.75, 3.05) is 0 Å². The fourth-order valence-corrected chi connectivity index (χ4v) is 1.61. The Bertz CT molecular complexity index is 230. The van der Waals surface area contributed by atoms with Crippen LogP contribution in [0.5, 0.6) is 0 Å². The zero-order chi connectivity index (χ0) is 8.65. The van der Waals surface area contributed by atoms with Gasteiger partial charge in [0.2, 0.25) is 0 Å². The molecule has 2 unspecified atom stereocenters. The first-order valence-electron chi connectivity index (χ1n) is 4.08. The Morgan fingerprint density at radius 2 is 2.00 bits per heavy atom. The molecule has 0 saturated heterocycles. The molecule has 0 aromatic carbocycles. The molecule has 1 aliphatic carbocycles. The van der Waals surface area contributed by atoms with Gasteiger partial charge in [-0.25, -0.2) is 0 Å². The van der Waals surface area contributed by atoms with E-state index in [1.54, 1.807) is 0 Å². The molecule has 1 saturated carbocycles. The number of hydrogen-bond donors (Lipinski definition) is 0. The lowest BCUT2D eigenvalue weighted by Gasteiger charge is -1.96. The molecule has 0 radical (unpaired) electrons. The van der Waals surface area contributed by atoms with E-state index >= 15 is 0 Å². The maximum absolute atomic E-state index is 8.55. The average molecular weight is 149 g/mol. The summed E-state index contributed by atoms with van der Waals surface area (Å²) in [7, 11) is 0. The van der Waals surface area contributed by atoms with Crippen molar-refractivity contribution in [3.8, 4) is 6.07 Å². The molecule has 0 heterocycles. The molecule has 1 heteroatoms. The van der Waals surface area contributed by atoms with Gasteiger partial charge in [-0.3, -0.25) is 0 Å². The van der Waals surface area contributed by atoms with Gasteiger partial charge in [0.05, 0.1) is 6.07 Å². The van der Waals surface area contributed by atoms with Crippen molar-refractivity contribution >= 4 is 0 Å².